The number of ether oxygens (including phenoxy) is 1. The molecule has 4 rings (SSSR count). The summed E-state index contributed by atoms with van der Waals surface area (Å²) in [6.45, 7) is 2.59. The van der Waals surface area contributed by atoms with Crippen LogP contribution in [-0.2, 0) is 31.2 Å². The van der Waals surface area contributed by atoms with Crippen molar-refractivity contribution >= 4 is 33.1 Å². The van der Waals surface area contributed by atoms with E-state index in [0.29, 0.717) is 10.8 Å². The van der Waals surface area contributed by atoms with Crippen molar-refractivity contribution in [3.8, 4) is 0 Å². The highest BCUT2D eigenvalue weighted by Gasteiger charge is 2.48. The smallest absolute Gasteiger partial charge is 0.264 e. The quantitative estimate of drug-likeness (QED) is 0.645. The fraction of sp³-hybridized carbons (Fsp3) is 0.647. The van der Waals surface area contributed by atoms with Gasteiger partial charge in [-0.15, -0.1) is 16.4 Å². The minimum Gasteiger partial charge on any atom is -0.386 e. The normalized spacial score (nSPS) is 29.9. The van der Waals surface area contributed by atoms with Gasteiger partial charge in [0.2, 0.25) is 0 Å². The van der Waals surface area contributed by atoms with E-state index in [-0.39, 0.29) is 31.8 Å². The van der Waals surface area contributed by atoms with Gasteiger partial charge in [-0.1, -0.05) is 16.8 Å². The standard InChI is InChI=1S/C17H23ClN4O5S2/c1-10-6-17(16-11(5-15(18)28-16)14(23)9-26-17)7-12(19-10)13-8-22(21-20-13)3-4-27-29(2,24)25/h5,8,10,12,14,19,23H,3-4,6-7,9H2,1-2H3/t10-,12-,14+,17-/m0/s1. The van der Waals surface area contributed by atoms with Crippen LogP contribution in [0.5, 0.6) is 0 Å². The fourth-order valence-electron chi connectivity index (χ4n) is 4.10. The summed E-state index contributed by atoms with van der Waals surface area (Å²) >= 11 is 7.70. The predicted octanol–water partition coefficient (Wildman–Crippen LogP) is 1.74. The van der Waals surface area contributed by atoms with E-state index in [1.54, 1.807) is 10.9 Å². The maximum absolute atomic E-state index is 11.1. The summed E-state index contributed by atoms with van der Waals surface area (Å²) in [5, 5.41) is 22.2. The number of hydrogen-bond acceptors (Lipinski definition) is 9. The van der Waals surface area contributed by atoms with Crippen LogP contribution in [0.1, 0.15) is 48.0 Å². The molecule has 1 fully saturated rings. The van der Waals surface area contributed by atoms with Gasteiger partial charge in [0.05, 0.1) is 48.3 Å². The first-order valence-corrected chi connectivity index (χ1v) is 12.3. The van der Waals surface area contributed by atoms with Crippen LogP contribution in [0.25, 0.3) is 0 Å². The molecule has 12 heteroatoms. The predicted molar refractivity (Wildman–Crippen MR) is 107 cm³/mol. The molecular weight excluding hydrogens is 440 g/mol. The molecule has 4 heterocycles. The molecule has 4 atom stereocenters. The molecule has 9 nitrogen and oxygen atoms in total. The van der Waals surface area contributed by atoms with Crippen LogP contribution < -0.4 is 5.32 Å². The second-order valence-electron chi connectivity index (χ2n) is 7.62. The largest absolute Gasteiger partial charge is 0.386 e. The molecule has 0 bridgehead atoms. The van der Waals surface area contributed by atoms with Gasteiger partial charge in [-0.3, -0.25) is 4.18 Å². The molecule has 2 N–H and O–H groups in total. The third-order valence-electron chi connectivity index (χ3n) is 5.21. The maximum atomic E-state index is 11.1. The zero-order valence-corrected chi connectivity index (χ0v) is 18.4. The number of nitrogens with one attached hydrogen (secondary N) is 1. The van der Waals surface area contributed by atoms with Crippen LogP contribution in [0.4, 0.5) is 0 Å². The summed E-state index contributed by atoms with van der Waals surface area (Å²) < 4.78 is 35.3. The molecule has 2 aromatic rings. The number of nitrogens with zero attached hydrogens (tertiary/aromatic N) is 3. The summed E-state index contributed by atoms with van der Waals surface area (Å²) in [6.07, 6.45) is 3.52. The van der Waals surface area contributed by atoms with Gasteiger partial charge in [0.1, 0.15) is 11.7 Å². The molecule has 0 amide bonds. The van der Waals surface area contributed by atoms with Gasteiger partial charge in [-0.05, 0) is 19.4 Å². The molecule has 1 spiro atoms. The van der Waals surface area contributed by atoms with Gasteiger partial charge < -0.3 is 15.2 Å². The lowest BCUT2D eigenvalue weighted by Crippen LogP contribution is -2.50. The van der Waals surface area contributed by atoms with Gasteiger partial charge in [-0.25, -0.2) is 4.68 Å². The molecule has 1 saturated heterocycles. The van der Waals surface area contributed by atoms with E-state index in [0.717, 1.165) is 28.8 Å². The molecule has 0 unspecified atom stereocenters. The summed E-state index contributed by atoms with van der Waals surface area (Å²) in [5.74, 6) is 0. The van der Waals surface area contributed by atoms with Crippen LogP contribution in [-0.4, -0.2) is 54.0 Å². The van der Waals surface area contributed by atoms with Gasteiger partial charge >= 0.3 is 0 Å². The van der Waals surface area contributed by atoms with Crippen molar-refractivity contribution < 1.29 is 22.4 Å². The lowest BCUT2D eigenvalue weighted by Gasteiger charge is -2.46. The molecular formula is C17H23ClN4O5S2. The van der Waals surface area contributed by atoms with E-state index >= 15 is 0 Å². The minimum atomic E-state index is -3.49. The molecule has 160 valence electrons. The van der Waals surface area contributed by atoms with Crippen LogP contribution in [0, 0.1) is 0 Å². The Bertz CT molecular complexity index is 994. The van der Waals surface area contributed by atoms with E-state index in [4.69, 9.17) is 20.5 Å². The first-order valence-electron chi connectivity index (χ1n) is 9.27. The number of halogens is 1. The highest BCUT2D eigenvalue weighted by molar-refractivity contribution is 7.85. The fourth-order valence-corrected chi connectivity index (χ4v) is 5.93. The summed E-state index contributed by atoms with van der Waals surface area (Å²) in [6, 6.07) is 1.87. The van der Waals surface area contributed by atoms with Crippen molar-refractivity contribution in [3.63, 3.8) is 0 Å². The molecule has 0 aliphatic carbocycles. The monoisotopic (exact) mass is 462 g/mol. The second-order valence-corrected chi connectivity index (χ2v) is 10.9. The molecule has 29 heavy (non-hydrogen) atoms. The molecule has 0 aromatic carbocycles. The van der Waals surface area contributed by atoms with E-state index < -0.39 is 21.8 Å². The lowest BCUT2D eigenvalue weighted by molar-refractivity contribution is -0.129. The van der Waals surface area contributed by atoms with Gasteiger partial charge in [0.15, 0.2) is 0 Å². The molecule has 0 radical (unpaired) electrons. The number of aromatic nitrogens is 3. The molecule has 2 aliphatic heterocycles. The Labute approximate surface area is 178 Å². The van der Waals surface area contributed by atoms with Crippen molar-refractivity contribution in [3.05, 3.63) is 32.7 Å². The first-order chi connectivity index (χ1) is 13.7. The number of piperidine rings is 1. The number of thiophene rings is 1. The number of aliphatic hydroxyl groups excluding tert-OH is 1. The third kappa shape index (κ3) is 4.50. The van der Waals surface area contributed by atoms with Crippen LogP contribution in [0.2, 0.25) is 4.34 Å². The Balaban J connectivity index is 1.54. The Morgan fingerprint density at radius 1 is 1.52 bits per heavy atom. The minimum absolute atomic E-state index is 0.00186. The second kappa shape index (κ2) is 7.88. The number of aliphatic hydroxyl groups is 1. The number of fused-ring (bicyclic) bond motifs is 2. The van der Waals surface area contributed by atoms with Crippen LogP contribution in [0.3, 0.4) is 0 Å². The van der Waals surface area contributed by atoms with E-state index in [1.165, 1.54) is 11.3 Å². The van der Waals surface area contributed by atoms with Crippen molar-refractivity contribution in [2.24, 2.45) is 0 Å². The Morgan fingerprint density at radius 3 is 3.07 bits per heavy atom. The van der Waals surface area contributed by atoms with Crippen LogP contribution in [0.15, 0.2) is 12.3 Å². The number of hydrogen-bond donors (Lipinski definition) is 2. The Hall–Kier alpha value is -1.08. The average molecular weight is 463 g/mol. The third-order valence-corrected chi connectivity index (χ3v) is 7.27. The van der Waals surface area contributed by atoms with E-state index in [2.05, 4.69) is 22.6 Å². The molecule has 2 aromatic heterocycles. The van der Waals surface area contributed by atoms with Crippen LogP contribution >= 0.6 is 22.9 Å². The lowest BCUT2D eigenvalue weighted by atomic mass is 9.79. The molecule has 2 aliphatic rings. The van der Waals surface area contributed by atoms with E-state index in [9.17, 15) is 13.5 Å². The maximum Gasteiger partial charge on any atom is 0.264 e. The number of rotatable bonds is 5. The van der Waals surface area contributed by atoms with Crippen molar-refractivity contribution in [2.45, 2.75) is 50.1 Å². The van der Waals surface area contributed by atoms with Gasteiger partial charge in [0, 0.05) is 22.9 Å². The Morgan fingerprint density at radius 2 is 2.31 bits per heavy atom. The Kier molecular flexibility index (Phi) is 5.75. The topological polar surface area (TPSA) is 116 Å². The first kappa shape index (κ1) is 21.2. The van der Waals surface area contributed by atoms with E-state index in [1.807, 2.05) is 6.07 Å². The van der Waals surface area contributed by atoms with Gasteiger partial charge in [0.25, 0.3) is 10.1 Å². The summed E-state index contributed by atoms with van der Waals surface area (Å²) in [5.41, 5.74) is 1.06. The summed E-state index contributed by atoms with van der Waals surface area (Å²) in [4.78, 5) is 0.980. The van der Waals surface area contributed by atoms with Crippen molar-refractivity contribution in [2.75, 3.05) is 19.5 Å². The SMILES string of the molecule is C[C@H]1C[C@@]2(C[C@@H](c3cn(CCOS(C)(=O)=O)nn3)N1)OC[C@@H](O)c1cc(Cl)sc12. The highest BCUT2D eigenvalue weighted by Crippen LogP contribution is 2.51. The van der Waals surface area contributed by atoms with Crippen molar-refractivity contribution in [1.29, 1.82) is 0 Å². The highest BCUT2D eigenvalue weighted by atomic mass is 35.5. The zero-order chi connectivity index (χ0) is 20.8. The van der Waals surface area contributed by atoms with Gasteiger partial charge in [-0.2, -0.15) is 8.42 Å². The summed E-state index contributed by atoms with van der Waals surface area (Å²) in [7, 11) is -3.49. The molecule has 0 saturated carbocycles. The zero-order valence-electron chi connectivity index (χ0n) is 16.0. The average Bonchev–Trinajstić information content (AvgIpc) is 3.24. The van der Waals surface area contributed by atoms with Crippen molar-refractivity contribution in [1.82, 2.24) is 20.3 Å².